The van der Waals surface area contributed by atoms with Gasteiger partial charge in [0.1, 0.15) is 17.1 Å². The highest BCUT2D eigenvalue weighted by Crippen LogP contribution is 2.44. The number of rotatable bonds is 4. The molecule has 0 fully saturated rings. The van der Waals surface area contributed by atoms with Crippen molar-refractivity contribution in [1.29, 1.82) is 0 Å². The Morgan fingerprint density at radius 2 is 1.90 bits per heavy atom. The average Bonchev–Trinajstić information content (AvgIpc) is 2.92. The smallest absolute Gasteiger partial charge is 0.417 e. The molecule has 0 unspecified atom stereocenters. The highest BCUT2D eigenvalue weighted by molar-refractivity contribution is 6.03. The molecular formula is C27H29F5N6O3. The van der Waals surface area contributed by atoms with Crippen LogP contribution in [0.15, 0.2) is 29.2 Å². The minimum absolute atomic E-state index is 0.163. The molecule has 0 bridgehead atoms. The summed E-state index contributed by atoms with van der Waals surface area (Å²) >= 11 is 0. The lowest BCUT2D eigenvalue weighted by Crippen LogP contribution is -2.32. The third-order valence-electron chi connectivity index (χ3n) is 6.66. The number of ether oxygens (including phenoxy) is 1. The van der Waals surface area contributed by atoms with E-state index in [2.05, 4.69) is 20.9 Å². The Morgan fingerprint density at radius 3 is 2.59 bits per heavy atom. The minimum atomic E-state index is -5.10. The van der Waals surface area contributed by atoms with Gasteiger partial charge in [0, 0.05) is 44.5 Å². The van der Waals surface area contributed by atoms with Crippen molar-refractivity contribution in [3.05, 3.63) is 68.6 Å². The fraction of sp³-hybridized carbons (Fsp3) is 0.370. The van der Waals surface area contributed by atoms with Crippen LogP contribution in [0.25, 0.3) is 11.3 Å². The summed E-state index contributed by atoms with van der Waals surface area (Å²) in [5.41, 5.74) is 0.237. The Hall–Kier alpha value is -4.20. The highest BCUT2D eigenvalue weighted by atomic mass is 19.4. The van der Waals surface area contributed by atoms with Crippen LogP contribution in [0.3, 0.4) is 0 Å². The second kappa shape index (κ2) is 11.7. The van der Waals surface area contributed by atoms with Gasteiger partial charge < -0.3 is 31.0 Å². The van der Waals surface area contributed by atoms with Crippen molar-refractivity contribution in [1.82, 2.24) is 20.2 Å². The molecule has 3 aromatic rings. The lowest BCUT2D eigenvalue weighted by molar-refractivity contribution is -0.137. The zero-order valence-corrected chi connectivity index (χ0v) is 22.5. The number of amides is 1. The number of aryl methyl sites for hydroxylation is 1. The van der Waals surface area contributed by atoms with Gasteiger partial charge in [0.25, 0.3) is 11.5 Å². The molecule has 0 spiro atoms. The van der Waals surface area contributed by atoms with Crippen LogP contribution in [0.1, 0.15) is 40.4 Å². The van der Waals surface area contributed by atoms with Gasteiger partial charge in [0.2, 0.25) is 5.88 Å². The first-order valence-corrected chi connectivity index (χ1v) is 12.7. The molecule has 0 saturated carbocycles. The van der Waals surface area contributed by atoms with Crippen LogP contribution in [0.2, 0.25) is 0 Å². The van der Waals surface area contributed by atoms with Gasteiger partial charge >= 0.3 is 6.18 Å². The highest BCUT2D eigenvalue weighted by Gasteiger charge is 2.39. The Kier molecular flexibility index (Phi) is 8.52. The maximum atomic E-state index is 16.4. The summed E-state index contributed by atoms with van der Waals surface area (Å²) in [5.74, 6) is -3.82. The van der Waals surface area contributed by atoms with Gasteiger partial charge in [-0.1, -0.05) is 0 Å². The van der Waals surface area contributed by atoms with E-state index in [0.29, 0.717) is 31.1 Å². The number of nitrogen functional groups attached to an aromatic ring is 1. The molecule has 0 aliphatic carbocycles. The minimum Gasteiger partial charge on any atom is -0.474 e. The fourth-order valence-corrected chi connectivity index (χ4v) is 4.48. The summed E-state index contributed by atoms with van der Waals surface area (Å²) in [7, 11) is 1.54. The molecule has 4 rings (SSSR count). The van der Waals surface area contributed by atoms with Gasteiger partial charge in [-0.15, -0.1) is 0 Å². The first-order chi connectivity index (χ1) is 19.3. The third-order valence-corrected chi connectivity index (χ3v) is 6.66. The number of pyridine rings is 2. The van der Waals surface area contributed by atoms with Crippen LogP contribution in [-0.2, 0) is 19.8 Å². The molecule has 1 aromatic carbocycles. The number of anilines is 2. The average molecular weight is 581 g/mol. The lowest BCUT2D eigenvalue weighted by atomic mass is 9.95. The van der Waals surface area contributed by atoms with Gasteiger partial charge in [-0.2, -0.15) is 13.2 Å². The zero-order valence-electron chi connectivity index (χ0n) is 22.5. The summed E-state index contributed by atoms with van der Waals surface area (Å²) in [5, 5.41) is 8.49. The van der Waals surface area contributed by atoms with Crippen molar-refractivity contribution in [2.75, 3.05) is 30.7 Å². The number of hydrogen-bond acceptors (Lipinski definition) is 7. The van der Waals surface area contributed by atoms with Crippen LogP contribution in [0.5, 0.6) is 5.88 Å². The second-order valence-electron chi connectivity index (χ2n) is 9.72. The summed E-state index contributed by atoms with van der Waals surface area (Å²) in [6, 6.07) is 3.52. The van der Waals surface area contributed by atoms with E-state index in [4.69, 9.17) is 10.5 Å². The number of carbonyl (C=O) groups is 1. The molecule has 3 heterocycles. The number of nitrogens with zero attached hydrogens (tertiary/aromatic N) is 2. The van der Waals surface area contributed by atoms with E-state index < -0.39 is 69.5 Å². The predicted molar refractivity (Wildman–Crippen MR) is 143 cm³/mol. The molecule has 14 heteroatoms. The number of halogens is 5. The second-order valence-corrected chi connectivity index (χ2v) is 9.72. The SMILES string of the molecule is Cc1c(F)c(N)cc(-c2nc3c(c(NCc4ccn(C)c(=O)c4)c2F)C(=O)NCCNCC[C@H](C)O3)c1C(F)(F)F. The molecule has 1 atom stereocenters. The monoisotopic (exact) mass is 580 g/mol. The first kappa shape index (κ1) is 29.8. The van der Waals surface area contributed by atoms with Crippen molar-refractivity contribution in [2.45, 2.75) is 39.1 Å². The van der Waals surface area contributed by atoms with Crippen molar-refractivity contribution in [3.63, 3.8) is 0 Å². The molecule has 0 saturated heterocycles. The Labute approximate surface area is 231 Å². The molecule has 5 N–H and O–H groups in total. The standard InChI is InChI=1S/C27H29F5N6O3/c1-13-4-6-34-7-8-35-25(40)19-24(36-12-15-5-9-38(3)18(39)10-15)22(29)23(37-26(19)41-13)16-11-17(33)21(28)14(2)20(16)27(30,31)32/h5,9-11,13,34H,4,6-8,12,33H2,1-3H3,(H,35,40)(H,36,37)/t13-/m0/s1. The molecular weight excluding hydrogens is 551 g/mol. The van der Waals surface area contributed by atoms with E-state index in [-0.39, 0.29) is 24.2 Å². The number of hydrogen-bond donors (Lipinski definition) is 4. The maximum absolute atomic E-state index is 16.4. The molecule has 41 heavy (non-hydrogen) atoms. The summed E-state index contributed by atoms with van der Waals surface area (Å²) in [6.07, 6.45) is -3.76. The largest absolute Gasteiger partial charge is 0.474 e. The van der Waals surface area contributed by atoms with Crippen LogP contribution in [-0.4, -0.2) is 41.2 Å². The Balaban J connectivity index is 1.99. The zero-order chi connectivity index (χ0) is 30.1. The van der Waals surface area contributed by atoms with Crippen LogP contribution in [0, 0.1) is 18.6 Å². The van der Waals surface area contributed by atoms with Gasteiger partial charge in [-0.3, -0.25) is 9.59 Å². The topological polar surface area (TPSA) is 123 Å². The Bertz CT molecular complexity index is 1540. The maximum Gasteiger partial charge on any atom is 0.417 e. The molecule has 9 nitrogen and oxygen atoms in total. The van der Waals surface area contributed by atoms with Crippen LogP contribution < -0.4 is 32.0 Å². The van der Waals surface area contributed by atoms with E-state index in [0.717, 1.165) is 6.92 Å². The Morgan fingerprint density at radius 1 is 1.17 bits per heavy atom. The number of alkyl halides is 3. The van der Waals surface area contributed by atoms with Crippen LogP contribution in [0.4, 0.5) is 33.3 Å². The summed E-state index contributed by atoms with van der Waals surface area (Å²) in [6.45, 7) is 3.44. The molecule has 1 aliphatic heterocycles. The summed E-state index contributed by atoms with van der Waals surface area (Å²) in [4.78, 5) is 29.4. The van der Waals surface area contributed by atoms with E-state index in [9.17, 15) is 27.2 Å². The number of nitrogens with two attached hydrogens (primary N) is 1. The molecule has 1 amide bonds. The number of aromatic nitrogens is 2. The van der Waals surface area contributed by atoms with Crippen molar-refractivity contribution in [2.24, 2.45) is 7.05 Å². The first-order valence-electron chi connectivity index (χ1n) is 12.7. The van der Waals surface area contributed by atoms with Gasteiger partial charge in [-0.05, 0) is 50.1 Å². The predicted octanol–water partition coefficient (Wildman–Crippen LogP) is 3.74. The van der Waals surface area contributed by atoms with E-state index >= 15 is 4.39 Å². The lowest BCUT2D eigenvalue weighted by Gasteiger charge is -2.23. The van der Waals surface area contributed by atoms with Crippen LogP contribution >= 0.6 is 0 Å². The van der Waals surface area contributed by atoms with E-state index in [1.54, 1.807) is 13.0 Å². The number of nitrogens with one attached hydrogen (secondary N) is 3. The number of carbonyl (C=O) groups excluding carboxylic acids is 1. The fourth-order valence-electron chi connectivity index (χ4n) is 4.48. The van der Waals surface area contributed by atoms with E-state index in [1.807, 2.05) is 0 Å². The molecule has 220 valence electrons. The van der Waals surface area contributed by atoms with Crippen molar-refractivity contribution >= 4 is 17.3 Å². The number of benzene rings is 1. The molecule has 2 aromatic heterocycles. The third kappa shape index (κ3) is 6.26. The molecule has 0 radical (unpaired) electrons. The number of fused-ring (bicyclic) bond motifs is 1. The molecule has 1 aliphatic rings. The van der Waals surface area contributed by atoms with Crippen molar-refractivity contribution < 1.29 is 31.5 Å². The summed E-state index contributed by atoms with van der Waals surface area (Å²) < 4.78 is 80.7. The normalized spacial score (nSPS) is 16.3. The van der Waals surface area contributed by atoms with Gasteiger partial charge in [0.15, 0.2) is 5.82 Å². The van der Waals surface area contributed by atoms with E-state index in [1.165, 1.54) is 23.9 Å². The van der Waals surface area contributed by atoms with Gasteiger partial charge in [0.05, 0.1) is 23.0 Å². The quantitative estimate of drug-likeness (QED) is 0.274. The van der Waals surface area contributed by atoms with Crippen molar-refractivity contribution in [3.8, 4) is 17.1 Å². The van der Waals surface area contributed by atoms with Gasteiger partial charge in [-0.25, -0.2) is 13.8 Å².